The summed E-state index contributed by atoms with van der Waals surface area (Å²) in [6.07, 6.45) is 5.32. The van der Waals surface area contributed by atoms with Gasteiger partial charge in [0.05, 0.1) is 6.54 Å². The Bertz CT molecular complexity index is 453. The second kappa shape index (κ2) is 5.01. The number of benzene rings is 1. The Morgan fingerprint density at radius 2 is 2.06 bits per heavy atom. The fourth-order valence-corrected chi connectivity index (χ4v) is 2.90. The lowest BCUT2D eigenvalue weighted by molar-refractivity contribution is 0.308. The summed E-state index contributed by atoms with van der Waals surface area (Å²) < 4.78 is 0. The van der Waals surface area contributed by atoms with Crippen LogP contribution in [0.1, 0.15) is 38.2 Å². The van der Waals surface area contributed by atoms with Crippen molar-refractivity contribution in [3.8, 4) is 0 Å². The van der Waals surface area contributed by atoms with Crippen molar-refractivity contribution in [2.45, 2.75) is 45.2 Å². The number of guanidine groups is 1. The third-order valence-corrected chi connectivity index (χ3v) is 4.11. The van der Waals surface area contributed by atoms with E-state index in [1.54, 1.807) is 0 Å². The Morgan fingerprint density at radius 1 is 1.22 bits per heavy atom. The maximum atomic E-state index is 4.59. The molecule has 1 heterocycles. The number of hydrogen-bond acceptors (Lipinski definition) is 3. The Balaban J connectivity index is 1.66. The number of aliphatic imine (C=N–C) groups is 1. The summed E-state index contributed by atoms with van der Waals surface area (Å²) in [4.78, 5) is 4.59. The summed E-state index contributed by atoms with van der Waals surface area (Å²) in [6.45, 7) is 3.13. The SMILES string of the molecule is CC1CCCCC1NC1=NCc2ccccc2N1. The molecule has 2 unspecified atom stereocenters. The summed E-state index contributed by atoms with van der Waals surface area (Å²) in [6, 6.07) is 8.97. The van der Waals surface area contributed by atoms with Crippen LogP contribution in [0.2, 0.25) is 0 Å². The zero-order valence-corrected chi connectivity index (χ0v) is 10.9. The molecule has 0 spiro atoms. The minimum Gasteiger partial charge on any atom is -0.353 e. The van der Waals surface area contributed by atoms with Gasteiger partial charge in [-0.15, -0.1) is 0 Å². The molecule has 3 rings (SSSR count). The molecule has 1 saturated carbocycles. The lowest BCUT2D eigenvalue weighted by Gasteiger charge is -2.32. The molecule has 0 saturated heterocycles. The van der Waals surface area contributed by atoms with Crippen molar-refractivity contribution in [3.05, 3.63) is 29.8 Å². The van der Waals surface area contributed by atoms with Gasteiger partial charge in [0.1, 0.15) is 0 Å². The zero-order chi connectivity index (χ0) is 12.4. The molecule has 1 aromatic rings. The van der Waals surface area contributed by atoms with Crippen LogP contribution in [-0.4, -0.2) is 12.0 Å². The number of fused-ring (bicyclic) bond motifs is 1. The van der Waals surface area contributed by atoms with Gasteiger partial charge in [-0.1, -0.05) is 38.0 Å². The lowest BCUT2D eigenvalue weighted by atomic mass is 9.86. The van der Waals surface area contributed by atoms with Crippen LogP contribution in [0.25, 0.3) is 0 Å². The van der Waals surface area contributed by atoms with Crippen molar-refractivity contribution in [2.24, 2.45) is 10.9 Å². The summed E-state index contributed by atoms with van der Waals surface area (Å²) in [7, 11) is 0. The molecule has 0 aromatic heterocycles. The van der Waals surface area contributed by atoms with E-state index < -0.39 is 0 Å². The zero-order valence-electron chi connectivity index (χ0n) is 10.9. The minimum atomic E-state index is 0.579. The van der Waals surface area contributed by atoms with Crippen LogP contribution in [0.4, 0.5) is 5.69 Å². The van der Waals surface area contributed by atoms with Gasteiger partial charge in [-0.3, -0.25) is 0 Å². The second-order valence-electron chi connectivity index (χ2n) is 5.46. The van der Waals surface area contributed by atoms with Gasteiger partial charge in [0.15, 0.2) is 5.96 Å². The van der Waals surface area contributed by atoms with Crippen molar-refractivity contribution in [3.63, 3.8) is 0 Å². The van der Waals surface area contributed by atoms with Gasteiger partial charge in [-0.05, 0) is 30.4 Å². The van der Waals surface area contributed by atoms with Crippen LogP contribution >= 0.6 is 0 Å². The molecule has 0 amide bonds. The first-order chi connectivity index (χ1) is 8.83. The highest BCUT2D eigenvalue weighted by molar-refractivity contribution is 5.95. The monoisotopic (exact) mass is 243 g/mol. The van der Waals surface area contributed by atoms with E-state index in [2.05, 4.69) is 46.8 Å². The number of anilines is 1. The quantitative estimate of drug-likeness (QED) is 0.795. The lowest BCUT2D eigenvalue weighted by Crippen LogP contribution is -2.45. The number of nitrogens with zero attached hydrogens (tertiary/aromatic N) is 1. The molecular formula is C15H21N3. The molecule has 0 radical (unpaired) electrons. The molecule has 2 N–H and O–H groups in total. The van der Waals surface area contributed by atoms with Gasteiger partial charge in [0, 0.05) is 11.7 Å². The van der Waals surface area contributed by atoms with Crippen molar-refractivity contribution in [1.29, 1.82) is 0 Å². The first-order valence-corrected chi connectivity index (χ1v) is 6.99. The molecule has 2 atom stereocenters. The van der Waals surface area contributed by atoms with E-state index in [9.17, 15) is 0 Å². The van der Waals surface area contributed by atoms with Crippen LogP contribution in [0.15, 0.2) is 29.3 Å². The molecule has 3 heteroatoms. The van der Waals surface area contributed by atoms with Crippen LogP contribution in [0.3, 0.4) is 0 Å². The second-order valence-corrected chi connectivity index (χ2v) is 5.46. The van der Waals surface area contributed by atoms with E-state index in [4.69, 9.17) is 0 Å². The molecule has 1 aromatic carbocycles. The fraction of sp³-hybridized carbons (Fsp3) is 0.533. The molecule has 18 heavy (non-hydrogen) atoms. The number of rotatable bonds is 1. The first-order valence-electron chi connectivity index (χ1n) is 6.99. The van der Waals surface area contributed by atoms with E-state index in [1.807, 2.05) is 0 Å². The number of para-hydroxylation sites is 1. The third-order valence-electron chi connectivity index (χ3n) is 4.11. The molecule has 3 nitrogen and oxygen atoms in total. The van der Waals surface area contributed by atoms with Gasteiger partial charge in [-0.25, -0.2) is 4.99 Å². The van der Waals surface area contributed by atoms with Crippen LogP contribution in [0.5, 0.6) is 0 Å². The Kier molecular flexibility index (Phi) is 3.22. The summed E-state index contributed by atoms with van der Waals surface area (Å²) in [5.41, 5.74) is 2.47. The average molecular weight is 243 g/mol. The van der Waals surface area contributed by atoms with Crippen molar-refractivity contribution in [2.75, 3.05) is 5.32 Å². The van der Waals surface area contributed by atoms with Crippen LogP contribution in [-0.2, 0) is 6.54 Å². The van der Waals surface area contributed by atoms with Crippen LogP contribution < -0.4 is 10.6 Å². The minimum absolute atomic E-state index is 0.579. The van der Waals surface area contributed by atoms with Crippen molar-refractivity contribution >= 4 is 11.6 Å². The highest BCUT2D eigenvalue weighted by Gasteiger charge is 2.23. The van der Waals surface area contributed by atoms with Gasteiger partial charge < -0.3 is 10.6 Å². The third kappa shape index (κ3) is 2.35. The fourth-order valence-electron chi connectivity index (χ4n) is 2.90. The smallest absolute Gasteiger partial charge is 0.196 e. The van der Waals surface area contributed by atoms with E-state index in [0.717, 1.165) is 18.4 Å². The largest absolute Gasteiger partial charge is 0.353 e. The van der Waals surface area contributed by atoms with Crippen molar-refractivity contribution < 1.29 is 0 Å². The highest BCUT2D eigenvalue weighted by Crippen LogP contribution is 2.25. The Hall–Kier alpha value is -1.51. The van der Waals surface area contributed by atoms with E-state index in [-0.39, 0.29) is 0 Å². The van der Waals surface area contributed by atoms with Crippen molar-refractivity contribution in [1.82, 2.24) is 5.32 Å². The number of hydrogen-bond donors (Lipinski definition) is 2. The van der Waals surface area contributed by atoms with Gasteiger partial charge in [0.25, 0.3) is 0 Å². The standard InChI is InChI=1S/C15H21N3/c1-11-6-2-4-8-13(11)17-15-16-10-12-7-3-5-9-14(12)18-15/h3,5,7,9,11,13H,2,4,6,8,10H2,1H3,(H2,16,17,18). The summed E-state index contributed by atoms with van der Waals surface area (Å²) in [5, 5.41) is 6.99. The summed E-state index contributed by atoms with van der Waals surface area (Å²) >= 11 is 0. The molecule has 1 fully saturated rings. The maximum Gasteiger partial charge on any atom is 0.196 e. The predicted molar refractivity (Wildman–Crippen MR) is 75.8 cm³/mol. The van der Waals surface area contributed by atoms with Gasteiger partial charge in [-0.2, -0.15) is 0 Å². The normalized spacial score (nSPS) is 26.8. The molecule has 96 valence electrons. The maximum absolute atomic E-state index is 4.59. The summed E-state index contributed by atoms with van der Waals surface area (Å²) in [5.74, 6) is 1.70. The first kappa shape index (κ1) is 11.6. The van der Waals surface area contributed by atoms with E-state index in [0.29, 0.717) is 6.04 Å². The predicted octanol–water partition coefficient (Wildman–Crippen LogP) is 3.14. The highest BCUT2D eigenvalue weighted by atomic mass is 15.2. The van der Waals surface area contributed by atoms with E-state index >= 15 is 0 Å². The average Bonchev–Trinajstić information content (AvgIpc) is 2.41. The van der Waals surface area contributed by atoms with Crippen LogP contribution in [0, 0.1) is 5.92 Å². The molecule has 0 bridgehead atoms. The topological polar surface area (TPSA) is 36.4 Å². The molecular weight excluding hydrogens is 222 g/mol. The Labute approximate surface area is 109 Å². The molecule has 2 aliphatic rings. The Morgan fingerprint density at radius 3 is 2.94 bits per heavy atom. The van der Waals surface area contributed by atoms with Gasteiger partial charge >= 0.3 is 0 Å². The molecule has 1 aliphatic carbocycles. The van der Waals surface area contributed by atoms with Gasteiger partial charge in [0.2, 0.25) is 0 Å². The number of nitrogens with one attached hydrogen (secondary N) is 2. The van der Waals surface area contributed by atoms with E-state index in [1.165, 1.54) is 36.9 Å². The molecule has 1 aliphatic heterocycles.